The topological polar surface area (TPSA) is 95.6 Å². The maximum atomic E-state index is 13.6. The highest BCUT2D eigenvalue weighted by Gasteiger charge is 2.27. The van der Waals surface area contributed by atoms with E-state index in [1.807, 2.05) is 0 Å². The summed E-state index contributed by atoms with van der Waals surface area (Å²) >= 11 is 0. The molecule has 1 aliphatic heterocycles. The fourth-order valence-corrected chi connectivity index (χ4v) is 4.65. The van der Waals surface area contributed by atoms with Crippen molar-refractivity contribution in [3.63, 3.8) is 0 Å². The first-order chi connectivity index (χ1) is 13.9. The Bertz CT molecular complexity index is 1000. The largest absolute Gasteiger partial charge is 0.273 e. The number of hydrazine groups is 1. The molecule has 9 heteroatoms. The van der Waals surface area contributed by atoms with Gasteiger partial charge in [0.05, 0.1) is 4.90 Å². The van der Waals surface area contributed by atoms with Gasteiger partial charge < -0.3 is 0 Å². The molecule has 154 valence electrons. The molecular weight excluding hydrogens is 397 g/mol. The Kier molecular flexibility index (Phi) is 6.60. The van der Waals surface area contributed by atoms with E-state index in [0.717, 1.165) is 12.8 Å². The first-order valence-corrected chi connectivity index (χ1v) is 10.7. The van der Waals surface area contributed by atoms with Crippen LogP contribution in [-0.4, -0.2) is 37.6 Å². The number of benzene rings is 2. The van der Waals surface area contributed by atoms with E-state index in [1.165, 1.54) is 34.6 Å². The van der Waals surface area contributed by atoms with Crippen LogP contribution in [0.3, 0.4) is 0 Å². The summed E-state index contributed by atoms with van der Waals surface area (Å²) in [6.07, 6.45) is 1.82. The molecular formula is C20H22FN3O4S. The average molecular weight is 419 g/mol. The molecule has 7 nitrogen and oxygen atoms in total. The second kappa shape index (κ2) is 9.15. The normalized spacial score (nSPS) is 14.5. The molecule has 2 N–H and O–H groups in total. The number of nitrogens with one attached hydrogen (secondary N) is 2. The minimum atomic E-state index is -3.64. The lowest BCUT2D eigenvalue weighted by Crippen LogP contribution is -2.41. The predicted molar refractivity (Wildman–Crippen MR) is 105 cm³/mol. The minimum Gasteiger partial charge on any atom is -0.273 e. The van der Waals surface area contributed by atoms with Gasteiger partial charge in [0.2, 0.25) is 15.9 Å². The number of sulfonamides is 1. The Labute approximate surface area is 168 Å². The zero-order valence-corrected chi connectivity index (χ0v) is 16.5. The van der Waals surface area contributed by atoms with E-state index in [9.17, 15) is 22.4 Å². The third-order valence-corrected chi connectivity index (χ3v) is 6.59. The predicted octanol–water partition coefficient (Wildman–Crippen LogP) is 2.00. The lowest BCUT2D eigenvalue weighted by Gasteiger charge is -2.16. The fourth-order valence-electron chi connectivity index (χ4n) is 3.09. The lowest BCUT2D eigenvalue weighted by molar-refractivity contribution is -0.121. The maximum absolute atomic E-state index is 13.6. The molecule has 0 bridgehead atoms. The number of nitrogens with zero attached hydrogens (tertiary/aromatic N) is 1. The van der Waals surface area contributed by atoms with Crippen molar-refractivity contribution >= 4 is 21.8 Å². The minimum absolute atomic E-state index is 0.00933. The summed E-state index contributed by atoms with van der Waals surface area (Å²) in [6.45, 7) is 0.938. The molecule has 0 spiro atoms. The molecule has 1 heterocycles. The summed E-state index contributed by atoms with van der Waals surface area (Å²) in [4.78, 5) is 24.2. The van der Waals surface area contributed by atoms with E-state index in [-0.39, 0.29) is 29.1 Å². The molecule has 2 amide bonds. The first-order valence-electron chi connectivity index (χ1n) is 9.31. The van der Waals surface area contributed by atoms with Crippen LogP contribution in [0.2, 0.25) is 0 Å². The van der Waals surface area contributed by atoms with Gasteiger partial charge in [-0.15, -0.1) is 0 Å². The number of hydrogen-bond acceptors (Lipinski definition) is 4. The molecule has 29 heavy (non-hydrogen) atoms. The molecule has 1 fully saturated rings. The van der Waals surface area contributed by atoms with Gasteiger partial charge in [-0.2, -0.15) is 4.31 Å². The van der Waals surface area contributed by atoms with Gasteiger partial charge in [0, 0.05) is 25.1 Å². The molecule has 1 saturated heterocycles. The molecule has 0 unspecified atom stereocenters. The number of aryl methyl sites for hydroxylation is 1. The second-order valence-corrected chi connectivity index (χ2v) is 8.67. The van der Waals surface area contributed by atoms with Crippen molar-refractivity contribution in [1.29, 1.82) is 0 Å². The Balaban J connectivity index is 1.57. The summed E-state index contributed by atoms with van der Waals surface area (Å²) in [5.41, 5.74) is 5.04. The number of amides is 2. The monoisotopic (exact) mass is 419 g/mol. The van der Waals surface area contributed by atoms with Crippen LogP contribution in [0.4, 0.5) is 4.39 Å². The SMILES string of the molecule is O=C(CCc1ccccc1F)NNC(=O)c1cccc(S(=O)(=O)N2CCCC2)c1. The molecule has 0 aromatic heterocycles. The van der Waals surface area contributed by atoms with Gasteiger partial charge in [-0.1, -0.05) is 24.3 Å². The summed E-state index contributed by atoms with van der Waals surface area (Å²) < 4.78 is 40.2. The highest BCUT2D eigenvalue weighted by atomic mass is 32.2. The zero-order chi connectivity index (χ0) is 20.9. The Morgan fingerprint density at radius 2 is 1.72 bits per heavy atom. The Morgan fingerprint density at radius 1 is 1.00 bits per heavy atom. The van der Waals surface area contributed by atoms with Crippen LogP contribution >= 0.6 is 0 Å². The molecule has 0 aliphatic carbocycles. The molecule has 0 atom stereocenters. The van der Waals surface area contributed by atoms with Crippen LogP contribution in [0, 0.1) is 5.82 Å². The van der Waals surface area contributed by atoms with Crippen LogP contribution in [-0.2, 0) is 21.2 Å². The van der Waals surface area contributed by atoms with Crippen LogP contribution in [0.15, 0.2) is 53.4 Å². The fraction of sp³-hybridized carbons (Fsp3) is 0.300. The van der Waals surface area contributed by atoms with E-state index in [4.69, 9.17) is 0 Å². The number of hydrogen-bond donors (Lipinski definition) is 2. The van der Waals surface area contributed by atoms with E-state index in [0.29, 0.717) is 18.7 Å². The highest BCUT2D eigenvalue weighted by Crippen LogP contribution is 2.21. The van der Waals surface area contributed by atoms with Crippen molar-refractivity contribution in [2.45, 2.75) is 30.6 Å². The van der Waals surface area contributed by atoms with Gasteiger partial charge in [-0.05, 0) is 49.1 Å². The van der Waals surface area contributed by atoms with Crippen LogP contribution in [0.5, 0.6) is 0 Å². The van der Waals surface area contributed by atoms with Crippen molar-refractivity contribution in [2.24, 2.45) is 0 Å². The van der Waals surface area contributed by atoms with Gasteiger partial charge >= 0.3 is 0 Å². The number of halogens is 1. The third-order valence-electron chi connectivity index (χ3n) is 4.69. The summed E-state index contributed by atoms with van der Waals surface area (Å²) in [7, 11) is -3.64. The Morgan fingerprint density at radius 3 is 2.45 bits per heavy atom. The molecule has 3 rings (SSSR count). The molecule has 1 aliphatic rings. The van der Waals surface area contributed by atoms with Crippen LogP contribution in [0.25, 0.3) is 0 Å². The maximum Gasteiger partial charge on any atom is 0.269 e. The Hall–Kier alpha value is -2.78. The van der Waals surface area contributed by atoms with Gasteiger partial charge in [0.25, 0.3) is 5.91 Å². The van der Waals surface area contributed by atoms with E-state index in [1.54, 1.807) is 18.2 Å². The van der Waals surface area contributed by atoms with E-state index in [2.05, 4.69) is 10.9 Å². The molecule has 2 aromatic carbocycles. The van der Waals surface area contributed by atoms with Crippen LogP contribution in [0.1, 0.15) is 35.2 Å². The molecule has 0 saturated carbocycles. The second-order valence-electron chi connectivity index (χ2n) is 6.73. The summed E-state index contributed by atoms with van der Waals surface area (Å²) in [5.74, 6) is -1.51. The zero-order valence-electron chi connectivity index (χ0n) is 15.7. The number of carbonyl (C=O) groups is 2. The highest BCUT2D eigenvalue weighted by molar-refractivity contribution is 7.89. The smallest absolute Gasteiger partial charge is 0.269 e. The average Bonchev–Trinajstić information content (AvgIpc) is 3.27. The molecule has 2 aromatic rings. The quantitative estimate of drug-likeness (QED) is 0.700. The van der Waals surface area contributed by atoms with Crippen molar-refractivity contribution in [2.75, 3.05) is 13.1 Å². The van der Waals surface area contributed by atoms with Gasteiger partial charge in [0.1, 0.15) is 5.82 Å². The number of rotatable bonds is 6. The molecule has 0 radical (unpaired) electrons. The van der Waals surface area contributed by atoms with Crippen molar-refractivity contribution in [1.82, 2.24) is 15.2 Å². The van der Waals surface area contributed by atoms with Crippen molar-refractivity contribution in [3.05, 3.63) is 65.5 Å². The van der Waals surface area contributed by atoms with Crippen molar-refractivity contribution < 1.29 is 22.4 Å². The van der Waals surface area contributed by atoms with Gasteiger partial charge in [-0.25, -0.2) is 12.8 Å². The summed E-state index contributed by atoms with van der Waals surface area (Å²) in [6, 6.07) is 11.8. The summed E-state index contributed by atoms with van der Waals surface area (Å²) in [5, 5.41) is 0. The van der Waals surface area contributed by atoms with E-state index >= 15 is 0 Å². The van der Waals surface area contributed by atoms with Gasteiger partial charge in [0.15, 0.2) is 0 Å². The third kappa shape index (κ3) is 5.18. The lowest BCUT2D eigenvalue weighted by atomic mass is 10.1. The van der Waals surface area contributed by atoms with E-state index < -0.39 is 21.8 Å². The van der Waals surface area contributed by atoms with Gasteiger partial charge in [-0.3, -0.25) is 20.4 Å². The first kappa shape index (κ1) is 20.9. The number of carbonyl (C=O) groups excluding carboxylic acids is 2. The standard InChI is InChI=1S/C20H22FN3O4S/c21-18-9-2-1-6-15(18)10-11-19(25)22-23-20(26)16-7-5-8-17(14-16)29(27,28)24-12-3-4-13-24/h1-2,5-9,14H,3-4,10-13H2,(H,22,25)(H,23,26). The van der Waals surface area contributed by atoms with Crippen LogP contribution < -0.4 is 10.9 Å². The van der Waals surface area contributed by atoms with Crippen molar-refractivity contribution in [3.8, 4) is 0 Å².